The van der Waals surface area contributed by atoms with E-state index in [0.29, 0.717) is 23.8 Å². The van der Waals surface area contributed by atoms with Crippen LogP contribution in [-0.2, 0) is 10.0 Å². The highest BCUT2D eigenvalue weighted by Gasteiger charge is 2.10. The summed E-state index contributed by atoms with van der Waals surface area (Å²) >= 11 is 0. The molecule has 0 saturated heterocycles. The molecule has 1 rings (SSSR count). The molecule has 22 heavy (non-hydrogen) atoms. The van der Waals surface area contributed by atoms with Crippen molar-refractivity contribution in [2.45, 2.75) is 34.1 Å². The first-order chi connectivity index (χ1) is 10.2. The predicted molar refractivity (Wildman–Crippen MR) is 90.7 cm³/mol. The van der Waals surface area contributed by atoms with Gasteiger partial charge in [0, 0.05) is 12.2 Å². The third-order valence-electron chi connectivity index (χ3n) is 3.14. The number of aryl methyl sites for hydroxylation is 1. The van der Waals surface area contributed by atoms with Crippen LogP contribution in [0.2, 0.25) is 0 Å². The number of anilines is 2. The monoisotopic (exact) mass is 327 g/mol. The van der Waals surface area contributed by atoms with Crippen molar-refractivity contribution in [3.05, 3.63) is 23.8 Å². The summed E-state index contributed by atoms with van der Waals surface area (Å²) in [6.07, 6.45) is 0.921. The molecule has 6 nitrogen and oxygen atoms in total. The van der Waals surface area contributed by atoms with Crippen LogP contribution in [0.25, 0.3) is 0 Å². The van der Waals surface area contributed by atoms with Crippen molar-refractivity contribution in [2.24, 2.45) is 5.92 Å². The molecule has 2 amide bonds. The highest BCUT2D eigenvalue weighted by Crippen LogP contribution is 2.20. The van der Waals surface area contributed by atoms with Gasteiger partial charge >= 0.3 is 6.03 Å². The van der Waals surface area contributed by atoms with Gasteiger partial charge in [-0.3, -0.25) is 4.72 Å². The Morgan fingerprint density at radius 1 is 1.27 bits per heavy atom. The quantitative estimate of drug-likeness (QED) is 0.719. The van der Waals surface area contributed by atoms with E-state index < -0.39 is 10.0 Å². The number of benzene rings is 1. The SMILES string of the molecule is CCS(=O)(=O)Nc1ccc(NC(=O)NCCC(C)C)cc1C. The van der Waals surface area contributed by atoms with Crippen LogP contribution in [0.3, 0.4) is 0 Å². The van der Waals surface area contributed by atoms with Gasteiger partial charge in [-0.15, -0.1) is 0 Å². The summed E-state index contributed by atoms with van der Waals surface area (Å²) in [5, 5.41) is 5.52. The van der Waals surface area contributed by atoms with Gasteiger partial charge < -0.3 is 10.6 Å². The fourth-order valence-electron chi connectivity index (χ4n) is 1.75. The van der Waals surface area contributed by atoms with Crippen LogP contribution in [0.1, 0.15) is 32.8 Å². The Labute approximate surface area is 132 Å². The Balaban J connectivity index is 2.64. The Bertz CT molecular complexity index is 612. The van der Waals surface area contributed by atoms with Crippen molar-refractivity contribution in [2.75, 3.05) is 22.3 Å². The van der Waals surface area contributed by atoms with E-state index in [1.165, 1.54) is 0 Å². The first-order valence-corrected chi connectivity index (χ1v) is 9.04. The van der Waals surface area contributed by atoms with Gasteiger partial charge in [0.05, 0.1) is 11.4 Å². The number of hydrogen-bond donors (Lipinski definition) is 3. The van der Waals surface area contributed by atoms with Crippen molar-refractivity contribution < 1.29 is 13.2 Å². The van der Waals surface area contributed by atoms with Crippen molar-refractivity contribution in [1.82, 2.24) is 5.32 Å². The second-order valence-electron chi connectivity index (χ2n) is 5.60. The zero-order chi connectivity index (χ0) is 16.8. The van der Waals surface area contributed by atoms with Crippen LogP contribution in [0.4, 0.5) is 16.2 Å². The summed E-state index contributed by atoms with van der Waals surface area (Å²) in [6, 6.07) is 4.78. The van der Waals surface area contributed by atoms with Crippen LogP contribution in [-0.4, -0.2) is 26.7 Å². The van der Waals surface area contributed by atoms with Gasteiger partial charge in [-0.05, 0) is 49.9 Å². The van der Waals surface area contributed by atoms with Gasteiger partial charge in [-0.1, -0.05) is 13.8 Å². The molecule has 0 heterocycles. The molecule has 1 aromatic carbocycles. The topological polar surface area (TPSA) is 87.3 Å². The van der Waals surface area contributed by atoms with E-state index in [4.69, 9.17) is 0 Å². The van der Waals surface area contributed by atoms with Gasteiger partial charge in [-0.25, -0.2) is 13.2 Å². The average Bonchev–Trinajstić information content (AvgIpc) is 2.41. The minimum Gasteiger partial charge on any atom is -0.338 e. The van der Waals surface area contributed by atoms with Crippen molar-refractivity contribution in [3.8, 4) is 0 Å². The van der Waals surface area contributed by atoms with Gasteiger partial charge in [0.15, 0.2) is 0 Å². The minimum atomic E-state index is -3.30. The third kappa shape index (κ3) is 6.34. The molecule has 0 spiro atoms. The Morgan fingerprint density at radius 3 is 2.50 bits per heavy atom. The lowest BCUT2D eigenvalue weighted by atomic mass is 10.1. The van der Waals surface area contributed by atoms with Crippen LogP contribution in [0, 0.1) is 12.8 Å². The molecule has 0 atom stereocenters. The van der Waals surface area contributed by atoms with Crippen molar-refractivity contribution >= 4 is 27.4 Å². The molecule has 0 radical (unpaired) electrons. The van der Waals surface area contributed by atoms with Crippen LogP contribution in [0.15, 0.2) is 18.2 Å². The summed E-state index contributed by atoms with van der Waals surface area (Å²) in [7, 11) is -3.30. The maximum Gasteiger partial charge on any atom is 0.319 e. The largest absolute Gasteiger partial charge is 0.338 e. The van der Waals surface area contributed by atoms with E-state index in [0.717, 1.165) is 12.0 Å². The molecule has 0 aliphatic carbocycles. The average molecular weight is 327 g/mol. The van der Waals surface area contributed by atoms with Crippen molar-refractivity contribution in [3.63, 3.8) is 0 Å². The number of hydrogen-bond acceptors (Lipinski definition) is 3. The minimum absolute atomic E-state index is 0.0186. The van der Waals surface area contributed by atoms with Gasteiger partial charge in [0.2, 0.25) is 10.0 Å². The van der Waals surface area contributed by atoms with Crippen LogP contribution >= 0.6 is 0 Å². The molecule has 3 N–H and O–H groups in total. The zero-order valence-electron chi connectivity index (χ0n) is 13.6. The number of nitrogens with one attached hydrogen (secondary N) is 3. The van der Waals surface area contributed by atoms with E-state index >= 15 is 0 Å². The maximum absolute atomic E-state index is 11.7. The highest BCUT2D eigenvalue weighted by molar-refractivity contribution is 7.92. The molecule has 7 heteroatoms. The van der Waals surface area contributed by atoms with E-state index in [1.807, 2.05) is 0 Å². The Morgan fingerprint density at radius 2 is 1.95 bits per heavy atom. The predicted octanol–water partition coefficient (Wildman–Crippen LogP) is 2.92. The molecular formula is C15H25N3O3S. The molecule has 0 unspecified atom stereocenters. The molecule has 1 aromatic rings. The fourth-order valence-corrected chi connectivity index (χ4v) is 2.45. The lowest BCUT2D eigenvalue weighted by Crippen LogP contribution is -2.30. The van der Waals surface area contributed by atoms with E-state index in [-0.39, 0.29) is 11.8 Å². The summed E-state index contributed by atoms with van der Waals surface area (Å²) in [5.74, 6) is 0.554. The molecule has 0 aliphatic heterocycles. The second kappa shape index (κ2) is 8.03. The van der Waals surface area contributed by atoms with E-state index in [9.17, 15) is 13.2 Å². The Hall–Kier alpha value is -1.76. The number of amides is 2. The van der Waals surface area contributed by atoms with Gasteiger partial charge in [-0.2, -0.15) is 0 Å². The number of sulfonamides is 1. The lowest BCUT2D eigenvalue weighted by Gasteiger charge is -2.12. The van der Waals surface area contributed by atoms with Crippen LogP contribution in [0.5, 0.6) is 0 Å². The molecule has 0 bridgehead atoms. The van der Waals surface area contributed by atoms with Gasteiger partial charge in [0.1, 0.15) is 0 Å². The second-order valence-corrected chi connectivity index (χ2v) is 7.61. The van der Waals surface area contributed by atoms with E-state index in [1.54, 1.807) is 32.0 Å². The van der Waals surface area contributed by atoms with Crippen LogP contribution < -0.4 is 15.4 Å². The molecule has 0 saturated carbocycles. The first-order valence-electron chi connectivity index (χ1n) is 7.39. The highest BCUT2D eigenvalue weighted by atomic mass is 32.2. The number of carbonyl (C=O) groups is 1. The standard InChI is InChI=1S/C15H25N3O3S/c1-5-22(20,21)18-14-7-6-13(10-12(14)4)17-15(19)16-9-8-11(2)3/h6-7,10-11,18H,5,8-9H2,1-4H3,(H2,16,17,19). The first kappa shape index (κ1) is 18.3. The smallest absolute Gasteiger partial charge is 0.319 e. The molecule has 0 aliphatic rings. The fraction of sp³-hybridized carbons (Fsp3) is 0.533. The summed E-state index contributed by atoms with van der Waals surface area (Å²) in [4.78, 5) is 11.7. The van der Waals surface area contributed by atoms with Gasteiger partial charge in [0.25, 0.3) is 0 Å². The number of urea groups is 1. The summed E-state index contributed by atoms with van der Waals surface area (Å²) < 4.78 is 25.6. The lowest BCUT2D eigenvalue weighted by molar-refractivity contribution is 0.251. The number of carbonyl (C=O) groups excluding carboxylic acids is 1. The molecular weight excluding hydrogens is 302 g/mol. The molecule has 124 valence electrons. The Kier molecular flexibility index (Phi) is 6.67. The van der Waals surface area contributed by atoms with Crippen molar-refractivity contribution in [1.29, 1.82) is 0 Å². The zero-order valence-corrected chi connectivity index (χ0v) is 14.4. The normalized spacial score (nSPS) is 11.3. The van der Waals surface area contributed by atoms with E-state index in [2.05, 4.69) is 29.2 Å². The maximum atomic E-state index is 11.7. The summed E-state index contributed by atoms with van der Waals surface area (Å²) in [6.45, 7) is 8.18. The molecule has 0 aromatic heterocycles. The third-order valence-corrected chi connectivity index (χ3v) is 4.43. The molecule has 0 fully saturated rings. The summed E-state index contributed by atoms with van der Waals surface area (Å²) in [5.41, 5.74) is 1.89. The number of rotatable bonds is 7.